The minimum absolute atomic E-state index is 0.0203. The minimum Gasteiger partial charge on any atom is -0.478 e. The summed E-state index contributed by atoms with van der Waals surface area (Å²) >= 11 is 0. The lowest BCUT2D eigenvalue weighted by Gasteiger charge is -2.19. The van der Waals surface area contributed by atoms with E-state index in [4.69, 9.17) is 5.11 Å². The Labute approximate surface area is 144 Å². The van der Waals surface area contributed by atoms with Gasteiger partial charge in [-0.3, -0.25) is 9.69 Å². The molecule has 0 spiro atoms. The number of carboxylic acids is 1. The van der Waals surface area contributed by atoms with E-state index in [1.807, 2.05) is 31.1 Å². The molecule has 1 saturated heterocycles. The zero-order chi connectivity index (χ0) is 18.1. The van der Waals surface area contributed by atoms with E-state index in [-0.39, 0.29) is 17.8 Å². The van der Waals surface area contributed by atoms with Crippen molar-refractivity contribution in [1.29, 1.82) is 0 Å². The molecule has 0 saturated carbocycles. The first-order valence-corrected chi connectivity index (χ1v) is 7.63. The maximum absolute atomic E-state index is 12.7. The van der Waals surface area contributed by atoms with Crippen LogP contribution in [-0.2, 0) is 4.79 Å². The Balaban J connectivity index is 1.90. The van der Waals surface area contributed by atoms with Gasteiger partial charge in [-0.05, 0) is 42.5 Å². The molecule has 1 aliphatic heterocycles. The predicted octanol–water partition coefficient (Wildman–Crippen LogP) is 2.42. The fourth-order valence-electron chi connectivity index (χ4n) is 2.67. The summed E-state index contributed by atoms with van der Waals surface area (Å²) in [6, 6.07) is 12.6. The number of anilines is 3. The Hall–Kier alpha value is -3.35. The van der Waals surface area contributed by atoms with Crippen LogP contribution in [0.2, 0.25) is 0 Å². The van der Waals surface area contributed by atoms with E-state index in [9.17, 15) is 14.4 Å². The van der Waals surface area contributed by atoms with Gasteiger partial charge in [0.1, 0.15) is 6.54 Å². The van der Waals surface area contributed by atoms with Gasteiger partial charge in [0.2, 0.25) is 0 Å². The van der Waals surface area contributed by atoms with Gasteiger partial charge < -0.3 is 10.0 Å². The van der Waals surface area contributed by atoms with Crippen LogP contribution in [-0.4, -0.2) is 43.7 Å². The molecule has 3 amide bonds. The number of nitrogens with zero attached hydrogens (tertiary/aromatic N) is 3. The summed E-state index contributed by atoms with van der Waals surface area (Å²) in [5, 5.41) is 9.08. The summed E-state index contributed by atoms with van der Waals surface area (Å²) < 4.78 is 0. The molecule has 2 aromatic carbocycles. The van der Waals surface area contributed by atoms with Gasteiger partial charge in [-0.2, -0.15) is 0 Å². The van der Waals surface area contributed by atoms with Crippen LogP contribution in [0.25, 0.3) is 0 Å². The molecule has 25 heavy (non-hydrogen) atoms. The molecule has 7 nitrogen and oxygen atoms in total. The number of carbonyl (C=O) groups is 3. The maximum atomic E-state index is 12.7. The number of amides is 3. The average Bonchev–Trinajstić information content (AvgIpc) is 2.89. The van der Waals surface area contributed by atoms with Crippen LogP contribution in [0.15, 0.2) is 48.5 Å². The number of rotatable bonds is 4. The first kappa shape index (κ1) is 16.5. The summed E-state index contributed by atoms with van der Waals surface area (Å²) in [4.78, 5) is 40.4. The summed E-state index contributed by atoms with van der Waals surface area (Å²) in [5.74, 6) is -1.51. The van der Waals surface area contributed by atoms with E-state index < -0.39 is 17.9 Å². The van der Waals surface area contributed by atoms with E-state index >= 15 is 0 Å². The molecular weight excluding hydrogens is 322 g/mol. The molecule has 0 aliphatic carbocycles. The third-order valence-corrected chi connectivity index (χ3v) is 3.99. The Morgan fingerprint density at radius 3 is 2.32 bits per heavy atom. The van der Waals surface area contributed by atoms with Gasteiger partial charge in [-0.25, -0.2) is 14.5 Å². The molecule has 0 unspecified atom stereocenters. The normalized spacial score (nSPS) is 14.2. The number of benzene rings is 2. The minimum atomic E-state index is -1.11. The van der Waals surface area contributed by atoms with Crippen LogP contribution in [0.4, 0.5) is 21.9 Å². The molecule has 0 atom stereocenters. The summed E-state index contributed by atoms with van der Waals surface area (Å²) in [7, 11) is 3.83. The highest BCUT2D eigenvalue weighted by molar-refractivity contribution is 6.27. The zero-order valence-corrected chi connectivity index (χ0v) is 13.8. The van der Waals surface area contributed by atoms with Crippen molar-refractivity contribution in [3.8, 4) is 0 Å². The number of carboxylic acid groups (broad SMARTS) is 1. The predicted molar refractivity (Wildman–Crippen MR) is 94.4 cm³/mol. The molecule has 0 aromatic heterocycles. The second-order valence-electron chi connectivity index (χ2n) is 5.86. The highest BCUT2D eigenvalue weighted by atomic mass is 16.4. The maximum Gasteiger partial charge on any atom is 0.336 e. The van der Waals surface area contributed by atoms with Crippen molar-refractivity contribution in [2.24, 2.45) is 0 Å². The zero-order valence-electron chi connectivity index (χ0n) is 13.8. The van der Waals surface area contributed by atoms with Crippen molar-refractivity contribution in [1.82, 2.24) is 0 Å². The molecule has 7 heteroatoms. The largest absolute Gasteiger partial charge is 0.478 e. The van der Waals surface area contributed by atoms with Crippen LogP contribution < -0.4 is 14.7 Å². The second kappa shape index (κ2) is 6.27. The van der Waals surface area contributed by atoms with Crippen molar-refractivity contribution < 1.29 is 19.5 Å². The summed E-state index contributed by atoms with van der Waals surface area (Å²) in [6.07, 6.45) is 0. The number of urea groups is 1. The van der Waals surface area contributed by atoms with Crippen molar-refractivity contribution >= 4 is 35.0 Å². The Morgan fingerprint density at radius 2 is 1.72 bits per heavy atom. The van der Waals surface area contributed by atoms with Gasteiger partial charge in [0.15, 0.2) is 0 Å². The van der Waals surface area contributed by atoms with Crippen LogP contribution in [0.3, 0.4) is 0 Å². The quantitative estimate of drug-likeness (QED) is 0.865. The van der Waals surface area contributed by atoms with Crippen LogP contribution >= 0.6 is 0 Å². The van der Waals surface area contributed by atoms with E-state index in [1.165, 1.54) is 23.1 Å². The van der Waals surface area contributed by atoms with Crippen molar-refractivity contribution in [2.75, 3.05) is 35.3 Å². The molecule has 0 bridgehead atoms. The number of hydrogen-bond donors (Lipinski definition) is 1. The van der Waals surface area contributed by atoms with Gasteiger partial charge in [0, 0.05) is 25.5 Å². The van der Waals surface area contributed by atoms with Gasteiger partial charge in [-0.1, -0.05) is 6.07 Å². The fraction of sp³-hybridized carbons (Fsp3) is 0.167. The summed E-state index contributed by atoms with van der Waals surface area (Å²) in [5.41, 5.74) is 1.86. The molecule has 1 aliphatic rings. The van der Waals surface area contributed by atoms with Crippen LogP contribution in [0, 0.1) is 0 Å². The van der Waals surface area contributed by atoms with Gasteiger partial charge in [0.05, 0.1) is 11.3 Å². The third kappa shape index (κ3) is 3.03. The van der Waals surface area contributed by atoms with E-state index in [0.717, 1.165) is 10.6 Å². The molecular formula is C18H17N3O4. The standard InChI is InChI=1S/C18H17N3O4/c1-19(2)13-6-8-14(9-7-13)20-11-16(22)21(18(20)25)15-5-3-4-12(10-15)17(23)24/h3-10H,11H2,1-2H3,(H,23,24). The highest BCUT2D eigenvalue weighted by Crippen LogP contribution is 2.27. The number of carbonyl (C=O) groups excluding carboxylic acids is 2. The first-order chi connectivity index (χ1) is 11.9. The molecule has 0 radical (unpaired) electrons. The first-order valence-electron chi connectivity index (χ1n) is 7.63. The van der Waals surface area contributed by atoms with Gasteiger partial charge in [-0.15, -0.1) is 0 Å². The Bertz CT molecular complexity index is 846. The van der Waals surface area contributed by atoms with Gasteiger partial charge in [0.25, 0.3) is 5.91 Å². The lowest BCUT2D eigenvalue weighted by molar-refractivity contribution is -0.115. The summed E-state index contributed by atoms with van der Waals surface area (Å²) in [6.45, 7) is -0.0859. The molecule has 1 N–H and O–H groups in total. The smallest absolute Gasteiger partial charge is 0.336 e. The topological polar surface area (TPSA) is 81.2 Å². The third-order valence-electron chi connectivity index (χ3n) is 3.99. The fourth-order valence-corrected chi connectivity index (χ4v) is 2.67. The second-order valence-corrected chi connectivity index (χ2v) is 5.86. The molecule has 1 fully saturated rings. The average molecular weight is 339 g/mol. The van der Waals surface area contributed by atoms with Crippen molar-refractivity contribution in [3.05, 3.63) is 54.1 Å². The SMILES string of the molecule is CN(C)c1ccc(N2CC(=O)N(c3cccc(C(=O)O)c3)C2=O)cc1. The molecule has 2 aromatic rings. The lowest BCUT2D eigenvalue weighted by Crippen LogP contribution is -2.33. The van der Waals surface area contributed by atoms with E-state index in [2.05, 4.69) is 0 Å². The van der Waals surface area contributed by atoms with Crippen LogP contribution in [0.5, 0.6) is 0 Å². The van der Waals surface area contributed by atoms with E-state index in [0.29, 0.717) is 5.69 Å². The Morgan fingerprint density at radius 1 is 1.04 bits per heavy atom. The van der Waals surface area contributed by atoms with Crippen molar-refractivity contribution in [2.45, 2.75) is 0 Å². The number of hydrogen-bond acceptors (Lipinski definition) is 4. The number of imide groups is 1. The van der Waals surface area contributed by atoms with Gasteiger partial charge >= 0.3 is 12.0 Å². The lowest BCUT2D eigenvalue weighted by atomic mass is 10.2. The monoisotopic (exact) mass is 339 g/mol. The Kier molecular flexibility index (Phi) is 4.14. The van der Waals surface area contributed by atoms with Crippen molar-refractivity contribution in [3.63, 3.8) is 0 Å². The molecule has 128 valence electrons. The molecule has 1 heterocycles. The van der Waals surface area contributed by atoms with Crippen LogP contribution in [0.1, 0.15) is 10.4 Å². The number of aromatic carboxylic acids is 1. The van der Waals surface area contributed by atoms with E-state index in [1.54, 1.807) is 18.2 Å². The highest BCUT2D eigenvalue weighted by Gasteiger charge is 2.38. The molecule has 3 rings (SSSR count).